The fraction of sp³-hybridized carbons (Fsp3) is 0.0667. The maximum absolute atomic E-state index is 12.3. The molecule has 24 heavy (non-hydrogen) atoms. The molecule has 0 saturated heterocycles. The molecule has 124 valence electrons. The van der Waals surface area contributed by atoms with Crippen LogP contribution in [0.3, 0.4) is 0 Å². The van der Waals surface area contributed by atoms with Crippen molar-refractivity contribution in [2.45, 2.75) is 6.92 Å². The van der Waals surface area contributed by atoms with Crippen LogP contribution >= 0.6 is 11.6 Å². The number of hydrogen-bond acceptors (Lipinski definition) is 5. The molecule has 0 aliphatic carbocycles. The van der Waals surface area contributed by atoms with Gasteiger partial charge in [-0.25, -0.2) is 0 Å². The lowest BCUT2D eigenvalue weighted by Gasteiger charge is -2.09. The summed E-state index contributed by atoms with van der Waals surface area (Å²) in [5.74, 6) is -1.83. The number of benzene rings is 2. The number of carbonyl (C=O) groups excluding carboxylic acids is 2. The van der Waals surface area contributed by atoms with Gasteiger partial charge < -0.3 is 15.7 Å². The van der Waals surface area contributed by atoms with Crippen LogP contribution in [0.25, 0.3) is 0 Å². The smallest absolute Gasteiger partial charge is 0.313 e. The summed E-state index contributed by atoms with van der Waals surface area (Å²) >= 11 is 5.75. The first-order valence-electron chi connectivity index (χ1n) is 6.64. The molecule has 9 heteroatoms. The molecule has 0 saturated carbocycles. The second-order valence-corrected chi connectivity index (χ2v) is 5.23. The standard InChI is InChI=1S/C15H12ClN3O5/c1-8(20)17-10-3-2-4-11(7-10)18-15(22)12-5-9(16)6-13(14(12)21)19(23)24/h2-7,21H,1H3,(H,17,20)(H,18,22). The van der Waals surface area contributed by atoms with Crippen LogP contribution in [0.15, 0.2) is 36.4 Å². The Balaban J connectivity index is 2.31. The van der Waals surface area contributed by atoms with E-state index in [0.717, 1.165) is 12.1 Å². The Kier molecular flexibility index (Phi) is 5.00. The van der Waals surface area contributed by atoms with Crippen LogP contribution in [0.5, 0.6) is 5.75 Å². The molecule has 0 fully saturated rings. The van der Waals surface area contributed by atoms with Gasteiger partial charge in [0.2, 0.25) is 11.7 Å². The molecule has 2 amide bonds. The van der Waals surface area contributed by atoms with Crippen LogP contribution in [0, 0.1) is 10.1 Å². The highest BCUT2D eigenvalue weighted by Crippen LogP contribution is 2.33. The van der Waals surface area contributed by atoms with Crippen LogP contribution < -0.4 is 10.6 Å². The van der Waals surface area contributed by atoms with Crippen molar-refractivity contribution >= 4 is 40.5 Å². The number of anilines is 2. The van der Waals surface area contributed by atoms with E-state index in [1.807, 2.05) is 0 Å². The molecular weight excluding hydrogens is 338 g/mol. The van der Waals surface area contributed by atoms with Crippen molar-refractivity contribution in [3.05, 3.63) is 57.1 Å². The average Bonchev–Trinajstić information content (AvgIpc) is 2.48. The number of nitrogens with one attached hydrogen (secondary N) is 2. The predicted molar refractivity (Wildman–Crippen MR) is 88.5 cm³/mol. The highest BCUT2D eigenvalue weighted by molar-refractivity contribution is 6.31. The number of phenolic OH excluding ortho intramolecular Hbond substituents is 1. The molecule has 0 aromatic heterocycles. The minimum Gasteiger partial charge on any atom is -0.502 e. The fourth-order valence-electron chi connectivity index (χ4n) is 1.97. The van der Waals surface area contributed by atoms with E-state index in [4.69, 9.17) is 11.6 Å². The number of rotatable bonds is 4. The third-order valence-electron chi connectivity index (χ3n) is 2.94. The zero-order valence-electron chi connectivity index (χ0n) is 12.4. The molecule has 0 bridgehead atoms. The van der Waals surface area contributed by atoms with E-state index >= 15 is 0 Å². The lowest BCUT2D eigenvalue weighted by atomic mass is 10.1. The second-order valence-electron chi connectivity index (χ2n) is 4.79. The first kappa shape index (κ1) is 17.2. The lowest BCUT2D eigenvalue weighted by Crippen LogP contribution is -2.13. The van der Waals surface area contributed by atoms with Crippen LogP contribution in [0.4, 0.5) is 17.1 Å². The van der Waals surface area contributed by atoms with E-state index in [0.29, 0.717) is 11.4 Å². The topological polar surface area (TPSA) is 122 Å². The van der Waals surface area contributed by atoms with Crippen molar-refractivity contribution in [1.29, 1.82) is 0 Å². The summed E-state index contributed by atoms with van der Waals surface area (Å²) in [4.78, 5) is 33.3. The van der Waals surface area contributed by atoms with Gasteiger partial charge in [-0.05, 0) is 24.3 Å². The van der Waals surface area contributed by atoms with Crippen LogP contribution in [0.2, 0.25) is 5.02 Å². The molecule has 3 N–H and O–H groups in total. The molecule has 2 aromatic rings. The quantitative estimate of drug-likeness (QED) is 0.578. The van der Waals surface area contributed by atoms with E-state index in [9.17, 15) is 24.8 Å². The zero-order chi connectivity index (χ0) is 17.9. The Morgan fingerprint density at radius 1 is 1.17 bits per heavy atom. The number of aromatic hydroxyl groups is 1. The monoisotopic (exact) mass is 349 g/mol. The van der Waals surface area contributed by atoms with Gasteiger partial charge >= 0.3 is 5.69 Å². The van der Waals surface area contributed by atoms with Gasteiger partial charge in [-0.15, -0.1) is 0 Å². The van der Waals surface area contributed by atoms with E-state index < -0.39 is 22.3 Å². The molecule has 0 radical (unpaired) electrons. The number of hydrogen-bond donors (Lipinski definition) is 3. The molecule has 0 atom stereocenters. The average molecular weight is 350 g/mol. The summed E-state index contributed by atoms with van der Waals surface area (Å²) in [6.45, 7) is 1.34. The highest BCUT2D eigenvalue weighted by Gasteiger charge is 2.23. The van der Waals surface area contributed by atoms with Crippen molar-refractivity contribution in [1.82, 2.24) is 0 Å². The number of phenols is 1. The van der Waals surface area contributed by atoms with Crippen LogP contribution in [0.1, 0.15) is 17.3 Å². The number of nitro benzene ring substituents is 1. The Bertz CT molecular complexity index is 838. The number of carbonyl (C=O) groups is 2. The van der Waals surface area contributed by atoms with Crippen molar-refractivity contribution < 1.29 is 19.6 Å². The lowest BCUT2D eigenvalue weighted by molar-refractivity contribution is -0.385. The van der Waals surface area contributed by atoms with Gasteiger partial charge in [0.1, 0.15) is 0 Å². The largest absolute Gasteiger partial charge is 0.502 e. The Morgan fingerprint density at radius 2 is 1.79 bits per heavy atom. The summed E-state index contributed by atoms with van der Waals surface area (Å²) in [6, 6.07) is 8.34. The number of nitro groups is 1. The minimum atomic E-state index is -0.838. The third kappa shape index (κ3) is 3.99. The number of halogens is 1. The van der Waals surface area contributed by atoms with Gasteiger partial charge in [0, 0.05) is 29.4 Å². The molecule has 0 aliphatic heterocycles. The van der Waals surface area contributed by atoms with Gasteiger partial charge in [0.25, 0.3) is 5.91 Å². The highest BCUT2D eigenvalue weighted by atomic mass is 35.5. The van der Waals surface area contributed by atoms with Crippen LogP contribution in [-0.4, -0.2) is 21.8 Å². The SMILES string of the molecule is CC(=O)Nc1cccc(NC(=O)c2cc(Cl)cc([N+](=O)[O-])c2O)c1. The maximum atomic E-state index is 12.3. The van der Waals surface area contributed by atoms with Gasteiger partial charge in [-0.3, -0.25) is 19.7 Å². The van der Waals surface area contributed by atoms with Crippen molar-refractivity contribution in [2.24, 2.45) is 0 Å². The van der Waals surface area contributed by atoms with Gasteiger partial charge in [0.05, 0.1) is 10.5 Å². The zero-order valence-corrected chi connectivity index (χ0v) is 13.1. The summed E-state index contributed by atoms with van der Waals surface area (Å²) in [7, 11) is 0. The summed E-state index contributed by atoms with van der Waals surface area (Å²) in [6.07, 6.45) is 0. The predicted octanol–water partition coefficient (Wildman–Crippen LogP) is 3.16. The minimum absolute atomic E-state index is 0.0587. The number of nitrogens with zero attached hydrogens (tertiary/aromatic N) is 1. The van der Waals surface area contributed by atoms with E-state index in [-0.39, 0.29) is 16.5 Å². The maximum Gasteiger partial charge on any atom is 0.313 e. The van der Waals surface area contributed by atoms with Crippen LogP contribution in [-0.2, 0) is 4.79 Å². The Labute approximate surface area is 141 Å². The molecule has 0 spiro atoms. The van der Waals surface area contributed by atoms with E-state index in [1.165, 1.54) is 13.0 Å². The molecule has 0 unspecified atom stereocenters. The normalized spacial score (nSPS) is 10.1. The molecule has 0 aliphatic rings. The number of amides is 2. The first-order valence-corrected chi connectivity index (χ1v) is 7.01. The van der Waals surface area contributed by atoms with Gasteiger partial charge in [-0.1, -0.05) is 17.7 Å². The van der Waals surface area contributed by atoms with Crippen molar-refractivity contribution in [3.8, 4) is 5.75 Å². The van der Waals surface area contributed by atoms with Crippen molar-refractivity contribution in [3.63, 3.8) is 0 Å². The molecular formula is C15H12ClN3O5. The molecule has 2 rings (SSSR count). The summed E-state index contributed by atoms with van der Waals surface area (Å²) < 4.78 is 0. The van der Waals surface area contributed by atoms with E-state index in [1.54, 1.807) is 18.2 Å². The first-order chi connectivity index (χ1) is 11.3. The third-order valence-corrected chi connectivity index (χ3v) is 3.15. The van der Waals surface area contributed by atoms with Gasteiger partial charge in [0.15, 0.2) is 0 Å². The summed E-state index contributed by atoms with van der Waals surface area (Å²) in [5.41, 5.74) is -0.214. The Hall–Kier alpha value is -3.13. The second kappa shape index (κ2) is 6.97. The molecule has 2 aromatic carbocycles. The summed E-state index contributed by atoms with van der Waals surface area (Å²) in [5, 5.41) is 25.7. The van der Waals surface area contributed by atoms with Gasteiger partial charge in [-0.2, -0.15) is 0 Å². The fourth-order valence-corrected chi connectivity index (χ4v) is 2.19. The van der Waals surface area contributed by atoms with E-state index in [2.05, 4.69) is 10.6 Å². The Morgan fingerprint density at radius 3 is 2.38 bits per heavy atom. The molecule has 8 nitrogen and oxygen atoms in total. The van der Waals surface area contributed by atoms with Crippen molar-refractivity contribution in [2.75, 3.05) is 10.6 Å². The molecule has 0 heterocycles.